The quantitative estimate of drug-likeness (QED) is 0.927. The predicted molar refractivity (Wildman–Crippen MR) is 72.0 cm³/mol. The summed E-state index contributed by atoms with van der Waals surface area (Å²) in [6.07, 6.45) is 0. The van der Waals surface area contributed by atoms with Gasteiger partial charge in [0.1, 0.15) is 11.6 Å². The summed E-state index contributed by atoms with van der Waals surface area (Å²) in [4.78, 5) is 0. The highest BCUT2D eigenvalue weighted by Gasteiger charge is 2.16. The second kappa shape index (κ2) is 4.41. The van der Waals surface area contributed by atoms with Gasteiger partial charge in [0, 0.05) is 17.1 Å². The van der Waals surface area contributed by atoms with Gasteiger partial charge in [-0.15, -0.1) is 0 Å². The van der Waals surface area contributed by atoms with Crippen molar-refractivity contribution >= 4 is 21.7 Å². The number of ether oxygens (including phenoxy) is 1. The Kier molecular flexibility index (Phi) is 3.11. The van der Waals surface area contributed by atoms with Crippen molar-refractivity contribution in [2.45, 2.75) is 6.92 Å². The summed E-state index contributed by atoms with van der Waals surface area (Å²) in [6.45, 7) is 1.94. The number of aromatic nitrogens is 2. The van der Waals surface area contributed by atoms with E-state index in [-0.39, 0.29) is 0 Å². The number of nitrogens with two attached hydrogens (primary N) is 1. The number of nitrogen functional groups attached to an aromatic ring is 1. The summed E-state index contributed by atoms with van der Waals surface area (Å²) in [5.74, 6) is 1.43. The van der Waals surface area contributed by atoms with Crippen molar-refractivity contribution in [1.29, 1.82) is 0 Å². The molecule has 0 spiro atoms. The average Bonchev–Trinajstić information content (AvgIpc) is 2.53. The van der Waals surface area contributed by atoms with Gasteiger partial charge in [-0.1, -0.05) is 15.9 Å². The van der Waals surface area contributed by atoms with E-state index in [0.717, 1.165) is 27.0 Å². The van der Waals surface area contributed by atoms with Gasteiger partial charge < -0.3 is 10.5 Å². The van der Waals surface area contributed by atoms with E-state index < -0.39 is 0 Å². The van der Waals surface area contributed by atoms with Crippen LogP contribution in [-0.2, 0) is 7.05 Å². The van der Waals surface area contributed by atoms with Gasteiger partial charge >= 0.3 is 0 Å². The number of hydrogen-bond acceptors (Lipinski definition) is 3. The normalized spacial score (nSPS) is 10.6. The molecule has 1 aromatic heterocycles. The Labute approximate surface area is 109 Å². The van der Waals surface area contributed by atoms with E-state index in [4.69, 9.17) is 10.5 Å². The van der Waals surface area contributed by atoms with Gasteiger partial charge in [0.25, 0.3) is 0 Å². The number of aryl methyl sites for hydroxylation is 2. The van der Waals surface area contributed by atoms with E-state index in [0.29, 0.717) is 5.82 Å². The van der Waals surface area contributed by atoms with Gasteiger partial charge in [-0.05, 0) is 25.1 Å². The maximum Gasteiger partial charge on any atom is 0.129 e. The molecule has 0 aliphatic heterocycles. The van der Waals surface area contributed by atoms with Gasteiger partial charge in [-0.2, -0.15) is 5.10 Å². The lowest BCUT2D eigenvalue weighted by atomic mass is 10.0. The molecule has 1 aromatic carbocycles. The molecule has 1 heterocycles. The summed E-state index contributed by atoms with van der Waals surface area (Å²) in [6, 6.07) is 5.83. The van der Waals surface area contributed by atoms with E-state index in [1.165, 1.54) is 0 Å². The van der Waals surface area contributed by atoms with E-state index in [1.807, 2.05) is 32.2 Å². The standard InChI is InChI=1S/C12H14BrN3O/c1-7-11(12(14)16(2)15-7)9-6-8(13)4-5-10(9)17-3/h4-6H,14H2,1-3H3. The minimum absolute atomic E-state index is 0.638. The third-order valence-electron chi connectivity index (χ3n) is 2.70. The van der Waals surface area contributed by atoms with E-state index in [2.05, 4.69) is 21.0 Å². The van der Waals surface area contributed by atoms with Crippen LogP contribution >= 0.6 is 15.9 Å². The van der Waals surface area contributed by atoms with Crippen molar-refractivity contribution in [3.8, 4) is 16.9 Å². The third kappa shape index (κ3) is 2.02. The molecule has 0 amide bonds. The molecule has 2 N–H and O–H groups in total. The first-order valence-electron chi connectivity index (χ1n) is 5.17. The smallest absolute Gasteiger partial charge is 0.129 e. The molecular weight excluding hydrogens is 282 g/mol. The Morgan fingerprint density at radius 1 is 1.41 bits per heavy atom. The van der Waals surface area contributed by atoms with Crippen LogP contribution in [0.4, 0.5) is 5.82 Å². The molecule has 0 saturated heterocycles. The molecule has 0 atom stereocenters. The molecule has 17 heavy (non-hydrogen) atoms. The zero-order valence-corrected chi connectivity index (χ0v) is 11.6. The summed E-state index contributed by atoms with van der Waals surface area (Å²) >= 11 is 3.46. The predicted octanol–water partition coefficient (Wildman–Crippen LogP) is 2.75. The second-order valence-corrected chi connectivity index (χ2v) is 4.73. The lowest BCUT2D eigenvalue weighted by Crippen LogP contribution is -1.98. The summed E-state index contributed by atoms with van der Waals surface area (Å²) in [5, 5.41) is 4.31. The van der Waals surface area contributed by atoms with Crippen LogP contribution in [0.15, 0.2) is 22.7 Å². The highest BCUT2D eigenvalue weighted by atomic mass is 79.9. The molecule has 2 aromatic rings. The molecule has 0 bridgehead atoms. The largest absolute Gasteiger partial charge is 0.496 e. The summed E-state index contributed by atoms with van der Waals surface area (Å²) in [5.41, 5.74) is 8.80. The third-order valence-corrected chi connectivity index (χ3v) is 3.19. The Bertz CT molecular complexity index is 563. The van der Waals surface area contributed by atoms with Crippen LogP contribution in [0.1, 0.15) is 5.69 Å². The number of hydrogen-bond donors (Lipinski definition) is 1. The van der Waals surface area contributed by atoms with Crippen molar-refractivity contribution in [3.63, 3.8) is 0 Å². The van der Waals surface area contributed by atoms with Crippen molar-refractivity contribution in [3.05, 3.63) is 28.4 Å². The minimum Gasteiger partial charge on any atom is -0.496 e. The van der Waals surface area contributed by atoms with Gasteiger partial charge in [0.05, 0.1) is 18.4 Å². The van der Waals surface area contributed by atoms with Crippen LogP contribution in [-0.4, -0.2) is 16.9 Å². The maximum atomic E-state index is 6.04. The number of rotatable bonds is 2. The van der Waals surface area contributed by atoms with Gasteiger partial charge in [0.2, 0.25) is 0 Å². The molecule has 0 radical (unpaired) electrons. The molecule has 2 rings (SSSR count). The van der Waals surface area contributed by atoms with Crippen molar-refractivity contribution in [1.82, 2.24) is 9.78 Å². The maximum absolute atomic E-state index is 6.04. The number of anilines is 1. The highest BCUT2D eigenvalue weighted by Crippen LogP contribution is 2.37. The van der Waals surface area contributed by atoms with Gasteiger partial charge in [0.15, 0.2) is 0 Å². The molecule has 4 nitrogen and oxygen atoms in total. The Balaban J connectivity index is 2.71. The highest BCUT2D eigenvalue weighted by molar-refractivity contribution is 9.10. The van der Waals surface area contributed by atoms with Crippen LogP contribution in [0, 0.1) is 6.92 Å². The number of nitrogens with zero attached hydrogens (tertiary/aromatic N) is 2. The van der Waals surface area contributed by atoms with Crippen LogP contribution < -0.4 is 10.5 Å². The van der Waals surface area contributed by atoms with Gasteiger partial charge in [-0.25, -0.2) is 0 Å². The van der Waals surface area contributed by atoms with Gasteiger partial charge in [-0.3, -0.25) is 4.68 Å². The molecule has 90 valence electrons. The fourth-order valence-corrected chi connectivity index (χ4v) is 2.25. The molecule has 0 aliphatic rings. The summed E-state index contributed by atoms with van der Waals surface area (Å²) < 4.78 is 8.01. The van der Waals surface area contributed by atoms with Crippen LogP contribution in [0.5, 0.6) is 5.75 Å². The first-order chi connectivity index (χ1) is 8.04. The molecule has 0 saturated carbocycles. The van der Waals surface area contributed by atoms with Crippen molar-refractivity contribution in [2.24, 2.45) is 7.05 Å². The van der Waals surface area contributed by atoms with Crippen molar-refractivity contribution in [2.75, 3.05) is 12.8 Å². The van der Waals surface area contributed by atoms with Crippen LogP contribution in [0.2, 0.25) is 0 Å². The Hall–Kier alpha value is -1.49. The van der Waals surface area contributed by atoms with E-state index in [9.17, 15) is 0 Å². The molecule has 0 unspecified atom stereocenters. The number of halogens is 1. The Morgan fingerprint density at radius 2 is 2.12 bits per heavy atom. The van der Waals surface area contributed by atoms with Crippen molar-refractivity contribution < 1.29 is 4.74 Å². The number of benzene rings is 1. The van der Waals surface area contributed by atoms with E-state index in [1.54, 1.807) is 11.8 Å². The first kappa shape index (κ1) is 12.0. The van der Waals surface area contributed by atoms with E-state index >= 15 is 0 Å². The second-order valence-electron chi connectivity index (χ2n) is 3.81. The molecule has 0 aliphatic carbocycles. The Morgan fingerprint density at radius 3 is 2.65 bits per heavy atom. The summed E-state index contributed by atoms with van der Waals surface area (Å²) in [7, 11) is 3.48. The molecule has 0 fully saturated rings. The van der Waals surface area contributed by atoms with Crippen LogP contribution in [0.25, 0.3) is 11.1 Å². The lowest BCUT2D eigenvalue weighted by molar-refractivity contribution is 0.416. The zero-order valence-electron chi connectivity index (χ0n) is 9.99. The lowest BCUT2D eigenvalue weighted by Gasteiger charge is -2.09. The monoisotopic (exact) mass is 295 g/mol. The fraction of sp³-hybridized carbons (Fsp3) is 0.250. The topological polar surface area (TPSA) is 53.1 Å². The van der Waals surface area contributed by atoms with Crippen LogP contribution in [0.3, 0.4) is 0 Å². The SMILES string of the molecule is COc1ccc(Br)cc1-c1c(C)nn(C)c1N. The molecular formula is C12H14BrN3O. The fourth-order valence-electron chi connectivity index (χ4n) is 1.88. The molecule has 5 heteroatoms. The average molecular weight is 296 g/mol. The first-order valence-corrected chi connectivity index (χ1v) is 5.97. The number of methoxy groups -OCH3 is 1. The minimum atomic E-state index is 0.638. The zero-order chi connectivity index (χ0) is 12.6.